The molecule has 4 nitrogen and oxygen atoms in total. The molecule has 0 bridgehead atoms. The van der Waals surface area contributed by atoms with E-state index < -0.39 is 0 Å². The lowest BCUT2D eigenvalue weighted by molar-refractivity contribution is -0.161. The summed E-state index contributed by atoms with van der Waals surface area (Å²) in [5.74, 6) is 2.54. The van der Waals surface area contributed by atoms with Gasteiger partial charge >= 0.3 is 5.97 Å². The fourth-order valence-corrected chi connectivity index (χ4v) is 7.89. The lowest BCUT2D eigenvalue weighted by Gasteiger charge is -2.60. The van der Waals surface area contributed by atoms with Gasteiger partial charge in [0.2, 0.25) is 0 Å². The largest absolute Gasteiger partial charge is 0.463 e. The highest BCUT2D eigenvalue weighted by Crippen LogP contribution is 2.67. The average molecular weight is 365 g/mol. The summed E-state index contributed by atoms with van der Waals surface area (Å²) in [5.41, 5.74) is 0.343. The smallest absolute Gasteiger partial charge is 0.302 e. The van der Waals surface area contributed by atoms with E-state index in [0.717, 1.165) is 38.0 Å². The molecule has 0 spiro atoms. The van der Waals surface area contributed by atoms with Crippen LogP contribution >= 0.6 is 0 Å². The Morgan fingerprint density at radius 2 is 1.77 bits per heavy atom. The summed E-state index contributed by atoms with van der Waals surface area (Å²) in [7, 11) is 0. The average Bonchev–Trinajstić information content (AvgIpc) is 2.86. The van der Waals surface area contributed by atoms with Gasteiger partial charge in [-0.15, -0.1) is 0 Å². The Kier molecular flexibility index (Phi) is 4.67. The lowest BCUT2D eigenvalue weighted by Crippen LogP contribution is -2.54. The summed E-state index contributed by atoms with van der Waals surface area (Å²) >= 11 is 0. The Bertz CT molecular complexity index is 562. The van der Waals surface area contributed by atoms with Crippen molar-refractivity contribution in [2.75, 3.05) is 6.61 Å². The van der Waals surface area contributed by atoms with Crippen molar-refractivity contribution >= 4 is 5.97 Å². The molecule has 4 fully saturated rings. The molecular weight excluding hydrogens is 328 g/mol. The van der Waals surface area contributed by atoms with Crippen LogP contribution in [0.2, 0.25) is 0 Å². The van der Waals surface area contributed by atoms with Crippen LogP contribution < -0.4 is 0 Å². The van der Waals surface area contributed by atoms with Crippen LogP contribution in [0.5, 0.6) is 0 Å². The Balaban J connectivity index is 1.54. The summed E-state index contributed by atoms with van der Waals surface area (Å²) in [4.78, 5) is 11.4. The van der Waals surface area contributed by atoms with Gasteiger partial charge in [0.15, 0.2) is 0 Å². The number of fused-ring (bicyclic) bond motifs is 5. The summed E-state index contributed by atoms with van der Waals surface area (Å²) in [6.45, 7) is 6.42. The third-order valence-electron chi connectivity index (χ3n) is 9.30. The normalized spacial score (nSPS) is 53.3. The van der Waals surface area contributed by atoms with Gasteiger partial charge in [-0.25, -0.2) is 0 Å². The Hall–Kier alpha value is -0.610. The predicted octanol–water partition coefficient (Wildman–Crippen LogP) is 3.54. The van der Waals surface area contributed by atoms with E-state index in [9.17, 15) is 15.0 Å². The van der Waals surface area contributed by atoms with Crippen molar-refractivity contribution in [2.24, 2.45) is 40.4 Å². The number of hydrogen-bond donors (Lipinski definition) is 2. The standard InChI is InChI=1S/C22H36O4/c1-13(24)26-16-6-8-21(2)15(11-16)4-5-17-18(21)7-9-22(3)19(17)10-14(12-23)20(22)25/h14-20,23,25H,4-12H2,1-3H3/t14-,15+,16+,17-,18+,19+,20+,21+,22+/m1/s1. The Morgan fingerprint density at radius 3 is 2.46 bits per heavy atom. The topological polar surface area (TPSA) is 66.8 Å². The van der Waals surface area contributed by atoms with Gasteiger partial charge in [-0.2, -0.15) is 0 Å². The highest BCUT2D eigenvalue weighted by Gasteiger charge is 2.62. The van der Waals surface area contributed by atoms with E-state index in [1.807, 2.05) is 0 Å². The van der Waals surface area contributed by atoms with E-state index in [1.54, 1.807) is 0 Å². The van der Waals surface area contributed by atoms with Gasteiger partial charge in [0.25, 0.3) is 0 Å². The zero-order chi connectivity index (χ0) is 18.7. The maximum Gasteiger partial charge on any atom is 0.302 e. The molecule has 0 aliphatic heterocycles. The number of aliphatic hydroxyl groups excluding tert-OH is 2. The number of esters is 1. The third-order valence-corrected chi connectivity index (χ3v) is 9.30. The van der Waals surface area contributed by atoms with Gasteiger partial charge in [-0.3, -0.25) is 4.79 Å². The zero-order valence-corrected chi connectivity index (χ0v) is 16.6. The molecule has 4 saturated carbocycles. The quantitative estimate of drug-likeness (QED) is 0.736. The monoisotopic (exact) mass is 364 g/mol. The van der Waals surface area contributed by atoms with Crippen molar-refractivity contribution in [3.8, 4) is 0 Å². The maximum atomic E-state index is 11.4. The first-order valence-corrected chi connectivity index (χ1v) is 10.8. The fraction of sp³-hybridized carbons (Fsp3) is 0.955. The molecule has 2 N–H and O–H groups in total. The second-order valence-corrected chi connectivity index (χ2v) is 10.3. The number of hydrogen-bond acceptors (Lipinski definition) is 4. The minimum absolute atomic E-state index is 0.00724. The fourth-order valence-electron chi connectivity index (χ4n) is 7.89. The lowest BCUT2D eigenvalue weighted by atomic mass is 9.45. The van der Waals surface area contributed by atoms with Gasteiger partial charge in [-0.05, 0) is 85.9 Å². The van der Waals surface area contributed by atoms with Gasteiger partial charge in [0.1, 0.15) is 6.10 Å². The second-order valence-electron chi connectivity index (χ2n) is 10.3. The molecule has 4 aliphatic rings. The first kappa shape index (κ1) is 18.7. The maximum absolute atomic E-state index is 11.4. The van der Waals surface area contributed by atoms with Crippen molar-refractivity contribution in [3.05, 3.63) is 0 Å². The Morgan fingerprint density at radius 1 is 1.04 bits per heavy atom. The number of rotatable bonds is 2. The molecule has 4 aliphatic carbocycles. The minimum atomic E-state index is -0.344. The van der Waals surface area contributed by atoms with Crippen LogP contribution in [0.3, 0.4) is 0 Å². The van der Waals surface area contributed by atoms with Crippen LogP contribution in [0.4, 0.5) is 0 Å². The van der Waals surface area contributed by atoms with Crippen LogP contribution in [-0.4, -0.2) is 35.0 Å². The molecule has 148 valence electrons. The molecule has 0 amide bonds. The van der Waals surface area contributed by atoms with E-state index in [4.69, 9.17) is 4.74 Å². The number of carbonyl (C=O) groups is 1. The van der Waals surface area contributed by atoms with Gasteiger partial charge < -0.3 is 14.9 Å². The minimum Gasteiger partial charge on any atom is -0.463 e. The Labute approximate surface area is 157 Å². The third kappa shape index (κ3) is 2.66. The van der Waals surface area contributed by atoms with E-state index in [-0.39, 0.29) is 36.1 Å². The molecule has 0 aromatic heterocycles. The van der Waals surface area contributed by atoms with Crippen LogP contribution in [0, 0.1) is 40.4 Å². The molecule has 0 aromatic rings. The SMILES string of the molecule is CC(=O)O[C@H]1CC[C@@]2(C)[C@@H](CC[C@@H]3[C@@H]2CC[C@]2(C)[C@@H](O)[C@@H](CO)C[C@@H]32)C1. The van der Waals surface area contributed by atoms with Crippen LogP contribution in [0.25, 0.3) is 0 Å². The van der Waals surface area contributed by atoms with Crippen LogP contribution in [-0.2, 0) is 9.53 Å². The van der Waals surface area contributed by atoms with Crippen molar-refractivity contribution in [2.45, 2.75) is 84.3 Å². The molecule has 0 radical (unpaired) electrons. The second kappa shape index (κ2) is 6.48. The highest BCUT2D eigenvalue weighted by atomic mass is 16.5. The van der Waals surface area contributed by atoms with Crippen molar-refractivity contribution < 1.29 is 19.7 Å². The number of aliphatic hydroxyl groups is 2. The predicted molar refractivity (Wildman–Crippen MR) is 99.2 cm³/mol. The summed E-state index contributed by atoms with van der Waals surface area (Å²) in [6.07, 6.45) is 8.71. The molecular formula is C22H36O4. The van der Waals surface area contributed by atoms with Crippen molar-refractivity contribution in [1.29, 1.82) is 0 Å². The summed E-state index contributed by atoms with van der Waals surface area (Å²) in [5, 5.41) is 20.6. The van der Waals surface area contributed by atoms with E-state index in [2.05, 4.69) is 13.8 Å². The molecule has 0 heterocycles. The highest BCUT2D eigenvalue weighted by molar-refractivity contribution is 5.66. The van der Waals surface area contributed by atoms with Crippen LogP contribution in [0.1, 0.15) is 72.1 Å². The summed E-state index contributed by atoms with van der Waals surface area (Å²) < 4.78 is 5.55. The molecule has 0 unspecified atom stereocenters. The van der Waals surface area contributed by atoms with Gasteiger partial charge in [0.05, 0.1) is 6.10 Å². The summed E-state index contributed by atoms with van der Waals surface area (Å²) in [6, 6.07) is 0. The zero-order valence-electron chi connectivity index (χ0n) is 16.6. The van der Waals surface area contributed by atoms with E-state index in [1.165, 1.54) is 26.2 Å². The van der Waals surface area contributed by atoms with Crippen molar-refractivity contribution in [3.63, 3.8) is 0 Å². The van der Waals surface area contributed by atoms with E-state index >= 15 is 0 Å². The molecule has 0 saturated heterocycles. The molecule has 9 atom stereocenters. The molecule has 0 aromatic carbocycles. The van der Waals surface area contributed by atoms with Gasteiger partial charge in [-0.1, -0.05) is 13.8 Å². The first-order chi connectivity index (χ1) is 12.3. The molecule has 4 heteroatoms. The van der Waals surface area contributed by atoms with Crippen molar-refractivity contribution in [1.82, 2.24) is 0 Å². The molecule has 4 rings (SSSR count). The van der Waals surface area contributed by atoms with Crippen LogP contribution in [0.15, 0.2) is 0 Å². The number of carbonyl (C=O) groups excluding carboxylic acids is 1. The van der Waals surface area contributed by atoms with E-state index in [0.29, 0.717) is 23.2 Å². The number of ether oxygens (including phenoxy) is 1. The first-order valence-electron chi connectivity index (χ1n) is 10.8. The van der Waals surface area contributed by atoms with Gasteiger partial charge in [0, 0.05) is 19.4 Å². The molecule has 26 heavy (non-hydrogen) atoms.